The minimum Gasteiger partial charge on any atom is -0.467 e. The van der Waals surface area contributed by atoms with Gasteiger partial charge in [0, 0.05) is 0 Å². The van der Waals surface area contributed by atoms with E-state index in [1.807, 2.05) is 0 Å². The molecular formula is C7H11N7O5. The van der Waals surface area contributed by atoms with Crippen LogP contribution in [-0.4, -0.2) is 38.1 Å². The van der Waals surface area contributed by atoms with Crippen LogP contribution in [0.5, 0.6) is 6.01 Å². The van der Waals surface area contributed by atoms with E-state index in [1.165, 1.54) is 7.11 Å². The highest BCUT2D eigenvalue weighted by Crippen LogP contribution is 2.17. The van der Waals surface area contributed by atoms with Gasteiger partial charge in [-0.25, -0.2) is 0 Å². The van der Waals surface area contributed by atoms with Crippen LogP contribution in [0.15, 0.2) is 0 Å². The Kier molecular flexibility index (Phi) is 4.41. The summed E-state index contributed by atoms with van der Waals surface area (Å²) in [6.45, 7) is 1.56. The Labute approximate surface area is 106 Å². The van der Waals surface area contributed by atoms with E-state index < -0.39 is 28.0 Å². The first-order valence-corrected chi connectivity index (χ1v) is 4.94. The molecule has 12 nitrogen and oxygen atoms in total. The molecule has 1 aromatic heterocycles. The molecule has 1 rings (SSSR count). The van der Waals surface area contributed by atoms with Gasteiger partial charge in [0.1, 0.15) is 9.85 Å². The molecule has 0 saturated heterocycles. The molecule has 0 radical (unpaired) electrons. The monoisotopic (exact) mass is 273 g/mol. The quantitative estimate of drug-likeness (QED) is 0.377. The van der Waals surface area contributed by atoms with E-state index in [2.05, 4.69) is 20.3 Å². The summed E-state index contributed by atoms with van der Waals surface area (Å²) >= 11 is 0. The second-order valence-electron chi connectivity index (χ2n) is 3.38. The van der Waals surface area contributed by atoms with Crippen LogP contribution in [0, 0.1) is 20.2 Å². The highest BCUT2D eigenvalue weighted by Gasteiger charge is 2.39. The maximum Gasteiger partial charge on any atom is 0.509 e. The molecule has 1 atom stereocenters. The number of nitro groups is 2. The third-order valence-electron chi connectivity index (χ3n) is 1.80. The molecule has 0 fully saturated rings. The number of ether oxygens (including phenoxy) is 1. The Hall–Kier alpha value is -2.63. The number of hydrogen-bond donors (Lipinski definition) is 2. The van der Waals surface area contributed by atoms with Gasteiger partial charge in [0.05, 0.1) is 13.3 Å². The van der Waals surface area contributed by atoms with Crippen molar-refractivity contribution in [1.29, 1.82) is 0 Å². The van der Waals surface area contributed by atoms with Crippen molar-refractivity contribution in [2.24, 2.45) is 5.73 Å². The fourth-order valence-corrected chi connectivity index (χ4v) is 1.11. The van der Waals surface area contributed by atoms with Crippen molar-refractivity contribution in [3.63, 3.8) is 0 Å². The number of nitrogens with one attached hydrogen (secondary N) is 1. The van der Waals surface area contributed by atoms with Crippen molar-refractivity contribution in [2.45, 2.75) is 19.3 Å². The lowest BCUT2D eigenvalue weighted by molar-refractivity contribution is -0.754. The lowest BCUT2D eigenvalue weighted by Gasteiger charge is -2.09. The molecule has 0 aliphatic carbocycles. The van der Waals surface area contributed by atoms with Crippen LogP contribution >= 0.6 is 0 Å². The van der Waals surface area contributed by atoms with Crippen LogP contribution < -0.4 is 15.8 Å². The molecule has 0 aliphatic rings. The van der Waals surface area contributed by atoms with E-state index in [-0.39, 0.29) is 12.0 Å². The third-order valence-corrected chi connectivity index (χ3v) is 1.80. The molecule has 0 amide bonds. The summed E-state index contributed by atoms with van der Waals surface area (Å²) in [5, 5.41) is 23.8. The van der Waals surface area contributed by atoms with Crippen LogP contribution in [0.1, 0.15) is 18.9 Å². The number of methoxy groups -OCH3 is 1. The van der Waals surface area contributed by atoms with Gasteiger partial charge >= 0.3 is 12.2 Å². The van der Waals surface area contributed by atoms with E-state index in [0.29, 0.717) is 0 Å². The topological polar surface area (TPSA) is 172 Å². The van der Waals surface area contributed by atoms with Crippen LogP contribution in [0.4, 0.5) is 5.95 Å². The number of anilines is 1. The lowest BCUT2D eigenvalue weighted by atomic mass is 10.5. The van der Waals surface area contributed by atoms with Gasteiger partial charge in [-0.15, -0.1) is 0 Å². The summed E-state index contributed by atoms with van der Waals surface area (Å²) in [7, 11) is 1.21. The van der Waals surface area contributed by atoms with Gasteiger partial charge in [0.25, 0.3) is 5.82 Å². The molecule has 0 aliphatic heterocycles. The summed E-state index contributed by atoms with van der Waals surface area (Å²) in [6.07, 6.45) is -2.87. The maximum atomic E-state index is 10.7. The fraction of sp³-hybridized carbons (Fsp3) is 0.571. The maximum absolute atomic E-state index is 10.7. The molecule has 19 heavy (non-hydrogen) atoms. The van der Waals surface area contributed by atoms with E-state index >= 15 is 0 Å². The van der Waals surface area contributed by atoms with Crippen molar-refractivity contribution >= 4 is 5.95 Å². The minimum atomic E-state index is -2.30. The van der Waals surface area contributed by atoms with E-state index in [0.717, 1.165) is 0 Å². The molecule has 12 heteroatoms. The third kappa shape index (κ3) is 3.67. The van der Waals surface area contributed by atoms with Crippen LogP contribution in [0.2, 0.25) is 0 Å². The first kappa shape index (κ1) is 14.4. The molecule has 3 N–H and O–H groups in total. The number of hydrogen-bond acceptors (Lipinski definition) is 10. The highest BCUT2D eigenvalue weighted by atomic mass is 16.7. The predicted octanol–water partition coefficient (Wildman–Crippen LogP) is -0.851. The Bertz CT molecular complexity index is 479. The van der Waals surface area contributed by atoms with E-state index in [9.17, 15) is 20.2 Å². The second kappa shape index (κ2) is 5.81. The second-order valence-corrected chi connectivity index (χ2v) is 3.38. The number of nitrogens with two attached hydrogens (primary N) is 1. The van der Waals surface area contributed by atoms with Gasteiger partial charge in [-0.3, -0.25) is 20.2 Å². The van der Waals surface area contributed by atoms with Crippen molar-refractivity contribution in [1.82, 2.24) is 15.0 Å². The molecule has 0 saturated carbocycles. The Morgan fingerprint density at radius 3 is 2.26 bits per heavy atom. The van der Waals surface area contributed by atoms with Gasteiger partial charge in [0.15, 0.2) is 0 Å². The standard InChI is InChI=1S/C7H11N7O5/c1-3(8)9-6-10-4(11-7(12-6)19-2)5(13(15)16)14(17)18/h3,5H,8H2,1-2H3,(H,9,10,11,12). The predicted molar refractivity (Wildman–Crippen MR) is 60.4 cm³/mol. The summed E-state index contributed by atoms with van der Waals surface area (Å²) in [5.41, 5.74) is 5.44. The summed E-state index contributed by atoms with van der Waals surface area (Å²) in [4.78, 5) is 29.9. The average molecular weight is 273 g/mol. The van der Waals surface area contributed by atoms with Crippen molar-refractivity contribution in [2.75, 3.05) is 12.4 Å². The first-order chi connectivity index (χ1) is 8.85. The van der Waals surface area contributed by atoms with E-state index in [4.69, 9.17) is 10.5 Å². The van der Waals surface area contributed by atoms with Crippen LogP contribution in [-0.2, 0) is 0 Å². The normalized spacial score (nSPS) is 12.0. The SMILES string of the molecule is COc1nc(NC(C)N)nc(C([N+](=O)[O-])[N+](=O)[O-])n1. The molecule has 0 bridgehead atoms. The Balaban J connectivity index is 3.25. The van der Waals surface area contributed by atoms with Crippen LogP contribution in [0.3, 0.4) is 0 Å². The Morgan fingerprint density at radius 1 is 1.26 bits per heavy atom. The molecule has 1 aromatic rings. The number of nitrogens with zero attached hydrogens (tertiary/aromatic N) is 5. The minimum absolute atomic E-state index is 0.148. The Morgan fingerprint density at radius 2 is 1.84 bits per heavy atom. The lowest BCUT2D eigenvalue weighted by Crippen LogP contribution is -2.28. The molecule has 1 heterocycles. The van der Waals surface area contributed by atoms with Crippen molar-refractivity contribution in [3.8, 4) is 6.01 Å². The zero-order valence-corrected chi connectivity index (χ0v) is 10.0. The highest BCUT2D eigenvalue weighted by molar-refractivity contribution is 5.26. The molecule has 1 unspecified atom stereocenters. The van der Waals surface area contributed by atoms with Gasteiger partial charge in [-0.05, 0) is 6.92 Å². The molecule has 0 spiro atoms. The summed E-state index contributed by atoms with van der Waals surface area (Å²) in [6, 6.07) is -0.290. The van der Waals surface area contributed by atoms with Crippen LogP contribution in [0.25, 0.3) is 0 Å². The zero-order chi connectivity index (χ0) is 14.6. The van der Waals surface area contributed by atoms with Gasteiger partial charge in [0.2, 0.25) is 5.95 Å². The first-order valence-electron chi connectivity index (χ1n) is 4.94. The molecular weight excluding hydrogens is 262 g/mol. The number of rotatable bonds is 6. The van der Waals surface area contributed by atoms with Crippen molar-refractivity contribution < 1.29 is 14.6 Å². The fourth-order valence-electron chi connectivity index (χ4n) is 1.11. The van der Waals surface area contributed by atoms with Crippen molar-refractivity contribution in [3.05, 3.63) is 26.1 Å². The van der Waals surface area contributed by atoms with Gasteiger partial charge in [-0.1, -0.05) is 0 Å². The number of aromatic nitrogens is 3. The smallest absolute Gasteiger partial charge is 0.467 e. The van der Waals surface area contributed by atoms with Gasteiger partial charge in [-0.2, -0.15) is 15.0 Å². The summed E-state index contributed by atoms with van der Waals surface area (Å²) in [5.74, 6) is -0.796. The largest absolute Gasteiger partial charge is 0.509 e. The molecule has 0 aromatic carbocycles. The molecule has 104 valence electrons. The van der Waals surface area contributed by atoms with E-state index in [1.54, 1.807) is 6.92 Å². The van der Waals surface area contributed by atoms with Gasteiger partial charge < -0.3 is 15.8 Å². The summed E-state index contributed by atoms with van der Waals surface area (Å²) < 4.78 is 4.70. The average Bonchev–Trinajstić information content (AvgIpc) is 2.26. The zero-order valence-electron chi connectivity index (χ0n) is 10.0.